The van der Waals surface area contributed by atoms with Crippen molar-refractivity contribution in [3.05, 3.63) is 78.4 Å². The molecule has 0 aliphatic heterocycles. The van der Waals surface area contributed by atoms with Crippen LogP contribution in [0.25, 0.3) is 22.3 Å². The van der Waals surface area contributed by atoms with Crippen molar-refractivity contribution in [3.8, 4) is 28.0 Å². The fraction of sp³-hybridized carbons (Fsp3) is 0. The van der Waals surface area contributed by atoms with Crippen molar-refractivity contribution in [2.45, 2.75) is 0 Å². The summed E-state index contributed by atoms with van der Waals surface area (Å²) >= 11 is 0. The molecule has 3 aromatic carbocycles. The Hall–Kier alpha value is -3.07. The highest BCUT2D eigenvalue weighted by Crippen LogP contribution is 2.39. The van der Waals surface area contributed by atoms with E-state index in [1.54, 1.807) is 36.4 Å². The van der Waals surface area contributed by atoms with Gasteiger partial charge in [-0.15, -0.1) is 0 Å². The molecule has 22 heavy (non-hydrogen) atoms. The lowest BCUT2D eigenvalue weighted by Gasteiger charge is -2.14. The molecule has 0 fully saturated rings. The molecule has 3 nitrogen and oxygen atoms in total. The fourth-order valence-corrected chi connectivity index (χ4v) is 2.57. The first-order chi connectivity index (χ1) is 10.7. The van der Waals surface area contributed by atoms with Crippen LogP contribution in [-0.4, -0.2) is 16.2 Å². The molecular formula is C19H14O3. The van der Waals surface area contributed by atoms with Crippen LogP contribution in [0.3, 0.4) is 0 Å². The molecule has 0 spiro atoms. The van der Waals surface area contributed by atoms with Crippen molar-refractivity contribution in [2.24, 2.45) is 0 Å². The summed E-state index contributed by atoms with van der Waals surface area (Å²) in [7, 11) is 0. The number of phenols is 1. The van der Waals surface area contributed by atoms with Gasteiger partial charge in [-0.1, -0.05) is 60.7 Å². The Morgan fingerprint density at radius 2 is 1.36 bits per heavy atom. The highest BCUT2D eigenvalue weighted by atomic mass is 16.4. The van der Waals surface area contributed by atoms with Gasteiger partial charge in [0.2, 0.25) is 0 Å². The van der Waals surface area contributed by atoms with Gasteiger partial charge in [0.15, 0.2) is 0 Å². The van der Waals surface area contributed by atoms with E-state index in [0.717, 1.165) is 11.1 Å². The summed E-state index contributed by atoms with van der Waals surface area (Å²) in [5, 5.41) is 19.7. The molecule has 108 valence electrons. The van der Waals surface area contributed by atoms with E-state index in [9.17, 15) is 15.0 Å². The van der Waals surface area contributed by atoms with E-state index >= 15 is 0 Å². The molecule has 0 aliphatic carbocycles. The number of hydrogen-bond donors (Lipinski definition) is 2. The molecule has 3 rings (SSSR count). The summed E-state index contributed by atoms with van der Waals surface area (Å²) in [5.74, 6) is -0.951. The summed E-state index contributed by atoms with van der Waals surface area (Å²) in [6.07, 6.45) is 0. The van der Waals surface area contributed by atoms with Gasteiger partial charge in [0.1, 0.15) is 5.75 Å². The van der Waals surface area contributed by atoms with E-state index < -0.39 is 5.97 Å². The van der Waals surface area contributed by atoms with Crippen molar-refractivity contribution in [2.75, 3.05) is 0 Å². The van der Waals surface area contributed by atoms with Gasteiger partial charge in [0.25, 0.3) is 0 Å². The Morgan fingerprint density at radius 3 is 2.09 bits per heavy atom. The largest absolute Gasteiger partial charge is 0.507 e. The molecule has 0 bridgehead atoms. The molecule has 0 aromatic heterocycles. The predicted molar refractivity (Wildman–Crippen MR) is 85.9 cm³/mol. The number of aromatic hydroxyl groups is 1. The molecule has 0 unspecified atom stereocenters. The average Bonchev–Trinajstić information content (AvgIpc) is 2.55. The molecular weight excluding hydrogens is 276 g/mol. The zero-order valence-corrected chi connectivity index (χ0v) is 11.7. The van der Waals surface area contributed by atoms with Crippen LogP contribution in [0.15, 0.2) is 72.8 Å². The molecule has 0 saturated carbocycles. The zero-order chi connectivity index (χ0) is 15.5. The molecule has 0 saturated heterocycles. The highest BCUT2D eigenvalue weighted by molar-refractivity contribution is 6.00. The number of aromatic carboxylic acids is 1. The molecule has 0 aliphatic rings. The lowest BCUT2D eigenvalue weighted by molar-refractivity contribution is 0.0698. The zero-order valence-electron chi connectivity index (χ0n) is 11.7. The standard InChI is InChI=1S/C19H14O3/c20-17-12-6-11-14(13-7-2-1-3-8-13)18(17)15-9-4-5-10-16(15)19(21)22/h1-12,20H,(H,21,22). The smallest absolute Gasteiger partial charge is 0.336 e. The molecule has 3 aromatic rings. The van der Waals surface area contributed by atoms with Crippen molar-refractivity contribution in [1.82, 2.24) is 0 Å². The SMILES string of the molecule is O=C(O)c1ccccc1-c1c(O)cccc1-c1ccccc1. The van der Waals surface area contributed by atoms with E-state index in [0.29, 0.717) is 11.1 Å². The maximum absolute atomic E-state index is 11.5. The van der Waals surface area contributed by atoms with Gasteiger partial charge in [-0.05, 0) is 23.3 Å². The Morgan fingerprint density at radius 1 is 0.727 bits per heavy atom. The highest BCUT2D eigenvalue weighted by Gasteiger charge is 2.17. The third kappa shape index (κ3) is 2.44. The summed E-state index contributed by atoms with van der Waals surface area (Å²) in [5.41, 5.74) is 2.93. The summed E-state index contributed by atoms with van der Waals surface area (Å²) < 4.78 is 0. The number of carboxylic acid groups (broad SMARTS) is 1. The maximum atomic E-state index is 11.5. The Bertz CT molecular complexity index is 823. The third-order valence-electron chi connectivity index (χ3n) is 3.55. The first-order valence-electron chi connectivity index (χ1n) is 6.88. The van der Waals surface area contributed by atoms with Crippen LogP contribution in [0.1, 0.15) is 10.4 Å². The number of benzene rings is 3. The Kier molecular flexibility index (Phi) is 3.62. The molecule has 0 amide bonds. The minimum absolute atomic E-state index is 0.0649. The van der Waals surface area contributed by atoms with E-state index in [1.807, 2.05) is 36.4 Å². The fourth-order valence-electron chi connectivity index (χ4n) is 2.57. The maximum Gasteiger partial charge on any atom is 0.336 e. The van der Waals surface area contributed by atoms with Crippen molar-refractivity contribution in [3.63, 3.8) is 0 Å². The van der Waals surface area contributed by atoms with Crippen LogP contribution in [0, 0.1) is 0 Å². The predicted octanol–water partition coefficient (Wildman–Crippen LogP) is 4.42. The monoisotopic (exact) mass is 290 g/mol. The molecule has 3 heteroatoms. The van der Waals surface area contributed by atoms with E-state index in [2.05, 4.69) is 0 Å². The number of hydrogen-bond acceptors (Lipinski definition) is 2. The molecule has 0 radical (unpaired) electrons. The van der Waals surface area contributed by atoms with Crippen LogP contribution < -0.4 is 0 Å². The molecule has 0 atom stereocenters. The van der Waals surface area contributed by atoms with Crippen molar-refractivity contribution < 1.29 is 15.0 Å². The second-order valence-corrected chi connectivity index (χ2v) is 4.92. The van der Waals surface area contributed by atoms with Crippen LogP contribution in [0.5, 0.6) is 5.75 Å². The van der Waals surface area contributed by atoms with Gasteiger partial charge in [-0.2, -0.15) is 0 Å². The van der Waals surface area contributed by atoms with Crippen LogP contribution in [0.2, 0.25) is 0 Å². The Labute approximate surface area is 128 Å². The Balaban J connectivity index is 2.31. The second kappa shape index (κ2) is 5.74. The molecule has 0 heterocycles. The molecule has 2 N–H and O–H groups in total. The first-order valence-corrected chi connectivity index (χ1v) is 6.88. The van der Waals surface area contributed by atoms with Gasteiger partial charge >= 0.3 is 5.97 Å². The number of rotatable bonds is 3. The van der Waals surface area contributed by atoms with Gasteiger partial charge in [-0.25, -0.2) is 4.79 Å². The van der Waals surface area contributed by atoms with Crippen LogP contribution in [-0.2, 0) is 0 Å². The number of phenolic OH excluding ortho intramolecular Hbond substituents is 1. The van der Waals surface area contributed by atoms with Crippen LogP contribution in [0.4, 0.5) is 0 Å². The van der Waals surface area contributed by atoms with Gasteiger partial charge in [-0.3, -0.25) is 0 Å². The van der Waals surface area contributed by atoms with Crippen LogP contribution >= 0.6 is 0 Å². The van der Waals surface area contributed by atoms with Crippen molar-refractivity contribution >= 4 is 5.97 Å². The summed E-state index contributed by atoms with van der Waals surface area (Å²) in [6, 6.07) is 21.5. The van der Waals surface area contributed by atoms with Gasteiger partial charge < -0.3 is 10.2 Å². The lowest BCUT2D eigenvalue weighted by Crippen LogP contribution is -2.00. The second-order valence-electron chi connectivity index (χ2n) is 4.92. The van der Waals surface area contributed by atoms with E-state index in [-0.39, 0.29) is 11.3 Å². The lowest BCUT2D eigenvalue weighted by atomic mass is 9.91. The number of carbonyl (C=O) groups is 1. The van der Waals surface area contributed by atoms with Gasteiger partial charge in [0.05, 0.1) is 5.56 Å². The summed E-state index contributed by atoms with van der Waals surface area (Å²) in [6.45, 7) is 0. The first kappa shape index (κ1) is 13.9. The number of carboxylic acids is 1. The van der Waals surface area contributed by atoms with Gasteiger partial charge in [0, 0.05) is 11.1 Å². The minimum Gasteiger partial charge on any atom is -0.507 e. The normalized spacial score (nSPS) is 10.4. The topological polar surface area (TPSA) is 57.5 Å². The quantitative estimate of drug-likeness (QED) is 0.750. The van der Waals surface area contributed by atoms with E-state index in [1.165, 1.54) is 0 Å². The van der Waals surface area contributed by atoms with Crippen molar-refractivity contribution in [1.29, 1.82) is 0 Å². The average molecular weight is 290 g/mol. The summed E-state index contributed by atoms with van der Waals surface area (Å²) in [4.78, 5) is 11.5. The third-order valence-corrected chi connectivity index (χ3v) is 3.55. The van der Waals surface area contributed by atoms with E-state index in [4.69, 9.17) is 0 Å². The minimum atomic E-state index is -1.02.